The summed E-state index contributed by atoms with van der Waals surface area (Å²) in [6, 6.07) is 6.88. The molecule has 0 aromatic heterocycles. The number of esters is 1. The second kappa shape index (κ2) is 5.83. The lowest BCUT2D eigenvalue weighted by molar-refractivity contribution is -0.198. The number of carbonyl (C=O) groups is 4. The maximum Gasteiger partial charge on any atom is 0.336 e. The summed E-state index contributed by atoms with van der Waals surface area (Å²) in [5.74, 6) is -1.86. The van der Waals surface area contributed by atoms with Gasteiger partial charge in [-0.2, -0.15) is 0 Å². The van der Waals surface area contributed by atoms with Gasteiger partial charge in [0.2, 0.25) is 0 Å². The summed E-state index contributed by atoms with van der Waals surface area (Å²) in [6.45, 7) is 1.32. The zero-order valence-electron chi connectivity index (χ0n) is 12.5. The van der Waals surface area contributed by atoms with Gasteiger partial charge in [0.05, 0.1) is 5.92 Å². The van der Waals surface area contributed by atoms with E-state index < -0.39 is 23.8 Å². The first kappa shape index (κ1) is 15.2. The Hall–Kier alpha value is -2.70. The maximum atomic E-state index is 12.0. The van der Waals surface area contributed by atoms with Crippen molar-refractivity contribution in [3.8, 4) is 5.75 Å². The molecule has 1 aromatic carbocycles. The third-order valence-corrected chi connectivity index (χ3v) is 3.85. The summed E-state index contributed by atoms with van der Waals surface area (Å²) >= 11 is 0. The number of imide groups is 1. The predicted molar refractivity (Wildman–Crippen MR) is 75.8 cm³/mol. The van der Waals surface area contributed by atoms with Crippen molar-refractivity contribution in [2.45, 2.75) is 32.1 Å². The average Bonchev–Trinajstić information content (AvgIpc) is 3.24. The SMILES string of the molecule is CC(=O)Oc1ccc(C2CC2C(=O)ON2C(=O)CCC2=O)cc1. The van der Waals surface area contributed by atoms with Crippen LogP contribution in [0.3, 0.4) is 0 Å². The van der Waals surface area contributed by atoms with Crippen LogP contribution in [0, 0.1) is 5.92 Å². The maximum absolute atomic E-state index is 12.0. The number of hydroxylamine groups is 2. The van der Waals surface area contributed by atoms with E-state index in [4.69, 9.17) is 9.57 Å². The molecule has 2 atom stereocenters. The van der Waals surface area contributed by atoms with Crippen LogP contribution >= 0.6 is 0 Å². The van der Waals surface area contributed by atoms with E-state index in [1.165, 1.54) is 6.92 Å². The van der Waals surface area contributed by atoms with Gasteiger partial charge < -0.3 is 9.57 Å². The minimum Gasteiger partial charge on any atom is -0.427 e. The zero-order valence-corrected chi connectivity index (χ0v) is 12.5. The quantitative estimate of drug-likeness (QED) is 0.473. The normalized spacial score (nSPS) is 22.9. The van der Waals surface area contributed by atoms with Crippen molar-refractivity contribution >= 4 is 23.8 Å². The van der Waals surface area contributed by atoms with Crippen molar-refractivity contribution in [1.29, 1.82) is 0 Å². The Morgan fingerprint density at radius 3 is 2.26 bits per heavy atom. The molecule has 2 aliphatic rings. The molecule has 1 saturated carbocycles. The number of ether oxygens (including phenoxy) is 1. The van der Waals surface area contributed by atoms with Gasteiger partial charge in [0, 0.05) is 19.8 Å². The van der Waals surface area contributed by atoms with Crippen molar-refractivity contribution in [2.75, 3.05) is 0 Å². The lowest BCUT2D eigenvalue weighted by Crippen LogP contribution is -2.32. The highest BCUT2D eigenvalue weighted by Crippen LogP contribution is 2.48. The Morgan fingerprint density at radius 2 is 1.70 bits per heavy atom. The van der Waals surface area contributed by atoms with E-state index in [0.29, 0.717) is 17.2 Å². The Labute approximate surface area is 132 Å². The molecule has 0 bridgehead atoms. The average molecular weight is 317 g/mol. The van der Waals surface area contributed by atoms with E-state index in [2.05, 4.69) is 0 Å². The third kappa shape index (κ3) is 3.23. The summed E-state index contributed by atoms with van der Waals surface area (Å²) in [5, 5.41) is 0.571. The number of nitrogens with zero attached hydrogens (tertiary/aromatic N) is 1. The Bertz CT molecular complexity index is 664. The molecule has 1 aliphatic heterocycles. The van der Waals surface area contributed by atoms with E-state index >= 15 is 0 Å². The van der Waals surface area contributed by atoms with Gasteiger partial charge in [-0.1, -0.05) is 12.1 Å². The molecule has 1 aliphatic carbocycles. The molecule has 120 valence electrons. The van der Waals surface area contributed by atoms with E-state index in [9.17, 15) is 19.2 Å². The van der Waals surface area contributed by atoms with Gasteiger partial charge in [-0.3, -0.25) is 14.4 Å². The minimum absolute atomic E-state index is 0.0123. The molecule has 2 fully saturated rings. The van der Waals surface area contributed by atoms with Crippen LogP contribution in [0.2, 0.25) is 0 Å². The standard InChI is InChI=1S/C16H15NO6/c1-9(18)22-11-4-2-10(3-5-11)12-8-13(12)16(21)23-17-14(19)6-7-15(17)20/h2-5,12-13H,6-8H2,1H3. The predicted octanol–water partition coefficient (Wildman–Crippen LogP) is 1.32. The van der Waals surface area contributed by atoms with Crippen LogP contribution in [0.1, 0.15) is 37.7 Å². The summed E-state index contributed by atoms with van der Waals surface area (Å²) in [7, 11) is 0. The van der Waals surface area contributed by atoms with Gasteiger partial charge in [0.15, 0.2) is 0 Å². The summed E-state index contributed by atoms with van der Waals surface area (Å²) in [4.78, 5) is 50.6. The number of rotatable bonds is 4. The van der Waals surface area contributed by atoms with Crippen LogP contribution < -0.4 is 4.74 Å². The number of benzene rings is 1. The lowest BCUT2D eigenvalue weighted by atomic mass is 10.1. The molecule has 7 heteroatoms. The number of hydrogen-bond donors (Lipinski definition) is 0. The molecule has 0 radical (unpaired) electrons. The third-order valence-electron chi connectivity index (χ3n) is 3.85. The van der Waals surface area contributed by atoms with Crippen LogP contribution in [0.5, 0.6) is 5.75 Å². The van der Waals surface area contributed by atoms with Gasteiger partial charge in [-0.15, -0.1) is 5.06 Å². The summed E-state index contributed by atoms with van der Waals surface area (Å²) in [5.41, 5.74) is 0.918. The van der Waals surface area contributed by atoms with E-state index in [0.717, 1.165) is 5.56 Å². The highest BCUT2D eigenvalue weighted by molar-refractivity contribution is 6.01. The monoisotopic (exact) mass is 317 g/mol. The molecule has 2 amide bonds. The second-order valence-corrected chi connectivity index (χ2v) is 5.60. The second-order valence-electron chi connectivity index (χ2n) is 5.60. The summed E-state index contributed by atoms with van der Waals surface area (Å²) < 4.78 is 4.94. The smallest absolute Gasteiger partial charge is 0.336 e. The fourth-order valence-electron chi connectivity index (χ4n) is 2.59. The van der Waals surface area contributed by atoms with Crippen LogP contribution in [0.4, 0.5) is 0 Å². The van der Waals surface area contributed by atoms with Crippen LogP contribution in [0.15, 0.2) is 24.3 Å². The molecular formula is C16H15NO6. The summed E-state index contributed by atoms with van der Waals surface area (Å²) in [6.07, 6.45) is 0.762. The number of hydrogen-bond acceptors (Lipinski definition) is 6. The van der Waals surface area contributed by atoms with Gasteiger partial charge in [-0.05, 0) is 30.0 Å². The van der Waals surface area contributed by atoms with E-state index in [1.54, 1.807) is 24.3 Å². The number of amides is 2. The van der Waals surface area contributed by atoms with Gasteiger partial charge >= 0.3 is 11.9 Å². The largest absolute Gasteiger partial charge is 0.427 e. The molecule has 1 saturated heterocycles. The molecule has 7 nitrogen and oxygen atoms in total. The topological polar surface area (TPSA) is 90.0 Å². The van der Waals surface area contributed by atoms with Gasteiger partial charge in [0.1, 0.15) is 5.75 Å². The molecule has 0 N–H and O–H groups in total. The molecule has 1 aromatic rings. The molecule has 2 unspecified atom stereocenters. The van der Waals surface area contributed by atoms with Crippen molar-refractivity contribution < 1.29 is 28.8 Å². The first-order chi connectivity index (χ1) is 11.0. The highest BCUT2D eigenvalue weighted by atomic mass is 16.7. The van der Waals surface area contributed by atoms with Crippen molar-refractivity contribution in [2.24, 2.45) is 5.92 Å². The van der Waals surface area contributed by atoms with Crippen LogP contribution in [0.25, 0.3) is 0 Å². The number of carbonyl (C=O) groups excluding carboxylic acids is 4. The van der Waals surface area contributed by atoms with Gasteiger partial charge in [-0.25, -0.2) is 4.79 Å². The molecule has 23 heavy (non-hydrogen) atoms. The first-order valence-corrected chi connectivity index (χ1v) is 7.31. The molecule has 1 heterocycles. The van der Waals surface area contributed by atoms with Crippen LogP contribution in [-0.2, 0) is 24.0 Å². The highest BCUT2D eigenvalue weighted by Gasteiger charge is 2.47. The Morgan fingerprint density at radius 1 is 1.09 bits per heavy atom. The van der Waals surface area contributed by atoms with Crippen LogP contribution in [-0.4, -0.2) is 28.8 Å². The van der Waals surface area contributed by atoms with Crippen molar-refractivity contribution in [1.82, 2.24) is 5.06 Å². The Kier molecular flexibility index (Phi) is 3.85. The van der Waals surface area contributed by atoms with Crippen molar-refractivity contribution in [3.63, 3.8) is 0 Å². The van der Waals surface area contributed by atoms with E-state index in [1.807, 2.05) is 0 Å². The molecule has 3 rings (SSSR count). The Balaban J connectivity index is 1.58. The molecular weight excluding hydrogens is 302 g/mol. The van der Waals surface area contributed by atoms with E-state index in [-0.39, 0.29) is 24.7 Å². The molecule has 0 spiro atoms. The minimum atomic E-state index is -0.567. The zero-order chi connectivity index (χ0) is 16.6. The lowest BCUT2D eigenvalue weighted by Gasteiger charge is -2.12. The van der Waals surface area contributed by atoms with Gasteiger partial charge in [0.25, 0.3) is 11.8 Å². The first-order valence-electron chi connectivity index (χ1n) is 7.31. The fourth-order valence-corrected chi connectivity index (χ4v) is 2.59. The van der Waals surface area contributed by atoms with Crippen molar-refractivity contribution in [3.05, 3.63) is 29.8 Å². The fraction of sp³-hybridized carbons (Fsp3) is 0.375.